The van der Waals surface area contributed by atoms with Gasteiger partial charge < -0.3 is 14.4 Å². The smallest absolute Gasteiger partial charge is 0.410 e. The summed E-state index contributed by atoms with van der Waals surface area (Å²) in [6.45, 7) is 8.73. The second-order valence-electron chi connectivity index (χ2n) is 9.90. The molecule has 1 unspecified atom stereocenters. The molecule has 0 saturated heterocycles. The van der Waals surface area contributed by atoms with Gasteiger partial charge in [-0.25, -0.2) is 9.48 Å². The molecule has 0 aliphatic heterocycles. The molecule has 1 atom stereocenters. The van der Waals surface area contributed by atoms with Gasteiger partial charge in [0.15, 0.2) is 0 Å². The Bertz CT molecular complexity index is 851. The molecule has 0 radical (unpaired) electrons. The normalized spacial score (nSPS) is 15.9. The van der Waals surface area contributed by atoms with Gasteiger partial charge in [-0.2, -0.15) is 5.10 Å². The first-order valence-corrected chi connectivity index (χ1v) is 12.0. The summed E-state index contributed by atoms with van der Waals surface area (Å²) in [6.07, 6.45) is 7.05. The van der Waals surface area contributed by atoms with Crippen molar-refractivity contribution in [2.45, 2.75) is 91.0 Å². The SMILES string of the molecule is CCC(C1CCCCC1)n1nc(CN(C)C(=O)OC(C)(C)C)cc1OCc1ccccc1. The van der Waals surface area contributed by atoms with Crippen molar-refractivity contribution < 1.29 is 14.3 Å². The van der Waals surface area contributed by atoms with Crippen molar-refractivity contribution in [3.63, 3.8) is 0 Å². The summed E-state index contributed by atoms with van der Waals surface area (Å²) < 4.78 is 13.8. The molecular formula is C26H39N3O3. The fourth-order valence-corrected chi connectivity index (χ4v) is 4.45. The van der Waals surface area contributed by atoms with Gasteiger partial charge >= 0.3 is 6.09 Å². The van der Waals surface area contributed by atoms with E-state index in [1.54, 1.807) is 11.9 Å². The molecule has 176 valence electrons. The average molecular weight is 442 g/mol. The largest absolute Gasteiger partial charge is 0.473 e. The fraction of sp³-hybridized carbons (Fsp3) is 0.615. The average Bonchev–Trinajstić information content (AvgIpc) is 3.15. The molecule has 1 saturated carbocycles. The predicted octanol–water partition coefficient (Wildman–Crippen LogP) is 6.36. The van der Waals surface area contributed by atoms with E-state index >= 15 is 0 Å². The molecule has 1 aliphatic carbocycles. The third-order valence-corrected chi connectivity index (χ3v) is 6.01. The van der Waals surface area contributed by atoms with Crippen LogP contribution >= 0.6 is 0 Å². The van der Waals surface area contributed by atoms with Crippen LogP contribution in [0.4, 0.5) is 4.79 Å². The lowest BCUT2D eigenvalue weighted by Crippen LogP contribution is -2.34. The summed E-state index contributed by atoms with van der Waals surface area (Å²) in [5, 5.41) is 4.93. The number of hydrogen-bond donors (Lipinski definition) is 0. The molecule has 0 N–H and O–H groups in total. The van der Waals surface area contributed by atoms with Crippen LogP contribution in [0.3, 0.4) is 0 Å². The quantitative estimate of drug-likeness (QED) is 0.478. The molecule has 0 bridgehead atoms. The molecule has 0 spiro atoms. The first-order chi connectivity index (χ1) is 15.3. The van der Waals surface area contributed by atoms with Crippen LogP contribution in [0.5, 0.6) is 5.88 Å². The number of carbonyl (C=O) groups excluding carboxylic acids is 1. The van der Waals surface area contributed by atoms with Crippen LogP contribution in [0.25, 0.3) is 0 Å². The molecule has 1 amide bonds. The molecule has 1 heterocycles. The molecule has 1 aromatic heterocycles. The van der Waals surface area contributed by atoms with Crippen molar-refractivity contribution in [2.75, 3.05) is 7.05 Å². The van der Waals surface area contributed by atoms with Gasteiger partial charge in [0.1, 0.15) is 12.2 Å². The lowest BCUT2D eigenvalue weighted by atomic mass is 9.83. The van der Waals surface area contributed by atoms with E-state index < -0.39 is 5.60 Å². The van der Waals surface area contributed by atoms with Crippen molar-refractivity contribution in [3.05, 3.63) is 47.7 Å². The van der Waals surface area contributed by atoms with Crippen LogP contribution in [0, 0.1) is 5.92 Å². The third-order valence-electron chi connectivity index (χ3n) is 6.01. The standard InChI is InChI=1S/C26H39N3O3/c1-6-23(21-15-11-8-12-16-21)29-24(31-19-20-13-9-7-10-14-20)17-22(27-29)18-28(5)25(30)32-26(2,3)4/h7,9-10,13-14,17,21,23H,6,8,11-12,15-16,18-19H2,1-5H3. The summed E-state index contributed by atoms with van der Waals surface area (Å²) in [7, 11) is 1.75. The zero-order valence-electron chi connectivity index (χ0n) is 20.3. The van der Waals surface area contributed by atoms with Gasteiger partial charge in [-0.1, -0.05) is 56.5 Å². The number of hydrogen-bond acceptors (Lipinski definition) is 4. The Hall–Kier alpha value is -2.50. The van der Waals surface area contributed by atoms with E-state index in [1.807, 2.05) is 45.0 Å². The van der Waals surface area contributed by atoms with Gasteiger partial charge in [-0.05, 0) is 51.5 Å². The van der Waals surface area contributed by atoms with Crippen LogP contribution in [-0.4, -0.2) is 33.4 Å². The predicted molar refractivity (Wildman–Crippen MR) is 127 cm³/mol. The highest BCUT2D eigenvalue weighted by atomic mass is 16.6. The summed E-state index contributed by atoms with van der Waals surface area (Å²) in [6, 6.07) is 12.5. The minimum atomic E-state index is -0.525. The third kappa shape index (κ3) is 6.75. The number of ether oxygens (including phenoxy) is 2. The molecule has 6 heteroatoms. The number of nitrogens with zero attached hydrogens (tertiary/aromatic N) is 3. The Kier molecular flexibility index (Phi) is 8.21. The highest BCUT2D eigenvalue weighted by molar-refractivity contribution is 5.67. The number of amides is 1. The maximum Gasteiger partial charge on any atom is 0.410 e. The van der Waals surface area contributed by atoms with Crippen LogP contribution in [0.2, 0.25) is 0 Å². The first kappa shape index (κ1) is 24.1. The zero-order chi connectivity index (χ0) is 23.1. The van der Waals surface area contributed by atoms with E-state index in [0.717, 1.165) is 23.6 Å². The first-order valence-electron chi connectivity index (χ1n) is 12.0. The van der Waals surface area contributed by atoms with E-state index in [0.29, 0.717) is 25.1 Å². The maximum absolute atomic E-state index is 12.4. The van der Waals surface area contributed by atoms with Crippen molar-refractivity contribution in [1.29, 1.82) is 0 Å². The van der Waals surface area contributed by atoms with Gasteiger partial charge in [-0.3, -0.25) is 0 Å². The molecular weight excluding hydrogens is 402 g/mol. The second kappa shape index (κ2) is 10.9. The highest BCUT2D eigenvalue weighted by Crippen LogP contribution is 2.37. The minimum Gasteiger partial charge on any atom is -0.473 e. The molecule has 6 nitrogen and oxygen atoms in total. The Morgan fingerprint density at radius 1 is 1.19 bits per heavy atom. The topological polar surface area (TPSA) is 56.6 Å². The molecule has 3 rings (SSSR count). The van der Waals surface area contributed by atoms with Crippen molar-refractivity contribution in [2.24, 2.45) is 5.92 Å². The van der Waals surface area contributed by atoms with E-state index in [-0.39, 0.29) is 6.09 Å². The summed E-state index contributed by atoms with van der Waals surface area (Å²) in [4.78, 5) is 14.0. The second-order valence-corrected chi connectivity index (χ2v) is 9.90. The van der Waals surface area contributed by atoms with Gasteiger partial charge in [0.05, 0.1) is 18.3 Å². The van der Waals surface area contributed by atoms with E-state index in [2.05, 4.69) is 23.7 Å². The van der Waals surface area contributed by atoms with Crippen LogP contribution in [0.1, 0.15) is 83.5 Å². The summed E-state index contributed by atoms with van der Waals surface area (Å²) >= 11 is 0. The molecule has 1 aromatic carbocycles. The zero-order valence-corrected chi connectivity index (χ0v) is 20.3. The number of benzene rings is 1. The van der Waals surface area contributed by atoms with Crippen molar-refractivity contribution in [1.82, 2.24) is 14.7 Å². The van der Waals surface area contributed by atoms with E-state index in [4.69, 9.17) is 14.6 Å². The van der Waals surface area contributed by atoms with Crippen molar-refractivity contribution in [3.8, 4) is 5.88 Å². The van der Waals surface area contributed by atoms with Crippen LogP contribution in [-0.2, 0) is 17.9 Å². The monoisotopic (exact) mass is 441 g/mol. The summed E-state index contributed by atoms with van der Waals surface area (Å²) in [5.41, 5.74) is 1.41. The lowest BCUT2D eigenvalue weighted by Gasteiger charge is -2.30. The Balaban J connectivity index is 1.80. The van der Waals surface area contributed by atoms with Gasteiger partial charge in [-0.15, -0.1) is 0 Å². The molecule has 32 heavy (non-hydrogen) atoms. The Morgan fingerprint density at radius 2 is 1.88 bits per heavy atom. The number of aromatic nitrogens is 2. The fourth-order valence-electron chi connectivity index (χ4n) is 4.45. The lowest BCUT2D eigenvalue weighted by molar-refractivity contribution is 0.0282. The van der Waals surface area contributed by atoms with E-state index in [1.165, 1.54) is 32.1 Å². The minimum absolute atomic E-state index is 0.307. The van der Waals surface area contributed by atoms with Gasteiger partial charge in [0.25, 0.3) is 0 Å². The highest BCUT2D eigenvalue weighted by Gasteiger charge is 2.28. The van der Waals surface area contributed by atoms with Crippen molar-refractivity contribution >= 4 is 6.09 Å². The molecule has 1 fully saturated rings. The molecule has 2 aromatic rings. The van der Waals surface area contributed by atoms with Crippen LogP contribution < -0.4 is 4.74 Å². The van der Waals surface area contributed by atoms with Gasteiger partial charge in [0.2, 0.25) is 5.88 Å². The van der Waals surface area contributed by atoms with E-state index in [9.17, 15) is 4.79 Å². The van der Waals surface area contributed by atoms with Crippen LogP contribution in [0.15, 0.2) is 36.4 Å². The number of rotatable bonds is 8. The Morgan fingerprint density at radius 3 is 2.50 bits per heavy atom. The Labute approximate surface area is 192 Å². The molecule has 1 aliphatic rings. The summed E-state index contributed by atoms with van der Waals surface area (Å²) in [5.74, 6) is 1.39. The van der Waals surface area contributed by atoms with Gasteiger partial charge in [0, 0.05) is 13.1 Å². The maximum atomic E-state index is 12.4. The number of carbonyl (C=O) groups is 1.